The van der Waals surface area contributed by atoms with Crippen LogP contribution in [0.2, 0.25) is 0 Å². The van der Waals surface area contributed by atoms with Gasteiger partial charge in [0.15, 0.2) is 5.17 Å². The van der Waals surface area contributed by atoms with Gasteiger partial charge in [-0.1, -0.05) is 71.4 Å². The third kappa shape index (κ3) is 3.04. The Morgan fingerprint density at radius 2 is 1.50 bits per heavy atom. The lowest BCUT2D eigenvalue weighted by molar-refractivity contribution is 0.157. The summed E-state index contributed by atoms with van der Waals surface area (Å²) in [5.41, 5.74) is 4.31. The molecule has 0 unspecified atom stereocenters. The monoisotopic (exact) mass is 340 g/mol. The number of amides is 1. The smallest absolute Gasteiger partial charge is 0.414 e. The molecule has 0 saturated heterocycles. The van der Waals surface area contributed by atoms with E-state index in [0.717, 1.165) is 16.7 Å². The third-order valence-corrected chi connectivity index (χ3v) is 4.93. The number of thioether (sulfide) groups is 1. The lowest BCUT2D eigenvalue weighted by atomic mass is 9.93. The van der Waals surface area contributed by atoms with Crippen LogP contribution in [0.1, 0.15) is 34.3 Å². The molecular formula is C19H20N2O2S. The minimum atomic E-state index is -0.969. The Hall–Kier alpha value is -2.27. The van der Waals surface area contributed by atoms with Gasteiger partial charge in [-0.15, -0.1) is 0 Å². The van der Waals surface area contributed by atoms with Gasteiger partial charge >= 0.3 is 6.09 Å². The molecule has 4 nitrogen and oxygen atoms in total. The molecule has 2 aromatic carbocycles. The lowest BCUT2D eigenvalue weighted by Gasteiger charge is -2.26. The third-order valence-electron chi connectivity index (χ3n) is 4.26. The van der Waals surface area contributed by atoms with E-state index in [1.807, 2.05) is 68.6 Å². The number of hydrogen-bond acceptors (Lipinski definition) is 3. The number of hydrogen-bond donors (Lipinski definition) is 1. The Bertz CT molecular complexity index is 769. The summed E-state index contributed by atoms with van der Waals surface area (Å²) in [6, 6.07) is 15.6. The Morgan fingerprint density at radius 1 is 1.00 bits per heavy atom. The van der Waals surface area contributed by atoms with Crippen molar-refractivity contribution in [3.8, 4) is 0 Å². The zero-order valence-corrected chi connectivity index (χ0v) is 14.7. The van der Waals surface area contributed by atoms with Gasteiger partial charge in [-0.25, -0.2) is 9.69 Å². The van der Waals surface area contributed by atoms with Crippen LogP contribution in [0.15, 0.2) is 53.5 Å². The Balaban J connectivity index is 2.09. The number of aryl methyl sites for hydroxylation is 2. The fraction of sp³-hybridized carbons (Fsp3) is 0.263. The number of amidine groups is 1. The molecule has 2 atom stereocenters. The number of rotatable bonds is 2. The lowest BCUT2D eigenvalue weighted by Crippen LogP contribution is -2.34. The SMILES string of the molecule is CSC1=N[C@@H](c2ccc(C)cc2)[C@@H](c2ccc(C)cc2)N1C(=O)O. The number of carbonyl (C=O) groups is 1. The molecule has 1 aliphatic heterocycles. The molecule has 2 aromatic rings. The molecule has 1 heterocycles. The van der Waals surface area contributed by atoms with Gasteiger partial charge in [-0.05, 0) is 31.2 Å². The van der Waals surface area contributed by atoms with Gasteiger partial charge in [0.2, 0.25) is 0 Å². The highest BCUT2D eigenvalue weighted by Gasteiger charge is 2.41. The van der Waals surface area contributed by atoms with E-state index in [-0.39, 0.29) is 12.1 Å². The highest BCUT2D eigenvalue weighted by atomic mass is 32.2. The Labute approximate surface area is 146 Å². The average molecular weight is 340 g/mol. The fourth-order valence-corrected chi connectivity index (χ4v) is 3.59. The molecule has 0 fully saturated rings. The largest absolute Gasteiger partial charge is 0.465 e. The predicted octanol–water partition coefficient (Wildman–Crippen LogP) is 4.80. The van der Waals surface area contributed by atoms with Crippen LogP contribution in [0, 0.1) is 13.8 Å². The van der Waals surface area contributed by atoms with Gasteiger partial charge in [-0.2, -0.15) is 0 Å². The minimum Gasteiger partial charge on any atom is -0.465 e. The highest BCUT2D eigenvalue weighted by molar-refractivity contribution is 8.13. The Kier molecular flexibility index (Phi) is 4.62. The summed E-state index contributed by atoms with van der Waals surface area (Å²) in [5, 5.41) is 10.3. The van der Waals surface area contributed by atoms with Crippen LogP contribution in [0.5, 0.6) is 0 Å². The summed E-state index contributed by atoms with van der Waals surface area (Å²) in [4.78, 5) is 18.0. The molecular weight excluding hydrogens is 320 g/mol. The molecule has 5 heteroatoms. The molecule has 1 N–H and O–H groups in total. The van der Waals surface area contributed by atoms with Crippen molar-refractivity contribution >= 4 is 23.0 Å². The van der Waals surface area contributed by atoms with Crippen LogP contribution in [0.4, 0.5) is 4.79 Å². The van der Waals surface area contributed by atoms with Gasteiger partial charge in [0.05, 0.1) is 6.04 Å². The normalized spacial score (nSPS) is 20.1. The summed E-state index contributed by atoms with van der Waals surface area (Å²) in [6.07, 6.45) is 0.890. The van der Waals surface area contributed by atoms with E-state index >= 15 is 0 Å². The van der Waals surface area contributed by atoms with Gasteiger partial charge in [0.1, 0.15) is 6.04 Å². The first-order chi connectivity index (χ1) is 11.5. The second-order valence-corrected chi connectivity index (χ2v) is 6.75. The maximum atomic E-state index is 11.9. The molecule has 0 aromatic heterocycles. The molecule has 0 aliphatic carbocycles. The van der Waals surface area contributed by atoms with Crippen LogP contribution in [0.3, 0.4) is 0 Å². The van der Waals surface area contributed by atoms with Crippen LogP contribution >= 0.6 is 11.8 Å². The summed E-state index contributed by atoms with van der Waals surface area (Å²) >= 11 is 1.37. The maximum absolute atomic E-state index is 11.9. The van der Waals surface area contributed by atoms with E-state index in [9.17, 15) is 9.90 Å². The fourth-order valence-electron chi connectivity index (χ4n) is 2.98. The van der Waals surface area contributed by atoms with Crippen LogP contribution in [-0.2, 0) is 0 Å². The van der Waals surface area contributed by atoms with E-state index < -0.39 is 6.09 Å². The predicted molar refractivity (Wildman–Crippen MR) is 98.7 cm³/mol. The van der Waals surface area contributed by atoms with E-state index in [2.05, 4.69) is 0 Å². The van der Waals surface area contributed by atoms with Gasteiger partial charge < -0.3 is 5.11 Å². The van der Waals surface area contributed by atoms with Crippen LogP contribution in [0.25, 0.3) is 0 Å². The van der Waals surface area contributed by atoms with Gasteiger partial charge in [0, 0.05) is 0 Å². The standard InChI is InChI=1S/C19H20N2O2S/c1-12-4-8-14(9-5-12)16-17(15-10-6-13(2)7-11-15)21(19(22)23)18(20-16)24-3/h4-11,16-17H,1-3H3,(H,22,23)/t16-,17+/m0/s1. The quantitative estimate of drug-likeness (QED) is 0.854. The second kappa shape index (κ2) is 6.69. The topological polar surface area (TPSA) is 52.9 Å². The van der Waals surface area contributed by atoms with Crippen molar-refractivity contribution in [2.45, 2.75) is 25.9 Å². The first kappa shape index (κ1) is 16.6. The maximum Gasteiger partial charge on any atom is 0.414 e. The Morgan fingerprint density at radius 3 is 1.96 bits per heavy atom. The first-order valence-electron chi connectivity index (χ1n) is 7.78. The summed E-state index contributed by atoms with van der Waals surface area (Å²) < 4.78 is 0. The van der Waals surface area contributed by atoms with Crippen molar-refractivity contribution in [1.29, 1.82) is 0 Å². The van der Waals surface area contributed by atoms with Crippen LogP contribution in [-0.4, -0.2) is 27.5 Å². The van der Waals surface area contributed by atoms with Gasteiger partial charge in [0.25, 0.3) is 0 Å². The van der Waals surface area contributed by atoms with Crippen molar-refractivity contribution in [1.82, 2.24) is 4.90 Å². The number of aliphatic imine (C=N–C) groups is 1. The molecule has 24 heavy (non-hydrogen) atoms. The number of benzene rings is 2. The summed E-state index contributed by atoms with van der Waals surface area (Å²) in [6.45, 7) is 4.06. The number of nitrogens with zero attached hydrogens (tertiary/aromatic N) is 2. The van der Waals surface area contributed by atoms with Crippen molar-refractivity contribution in [2.24, 2.45) is 4.99 Å². The molecule has 0 bridgehead atoms. The minimum absolute atomic E-state index is 0.230. The summed E-state index contributed by atoms with van der Waals surface area (Å²) in [5.74, 6) is 0. The van der Waals surface area contributed by atoms with Crippen LogP contribution < -0.4 is 0 Å². The second-order valence-electron chi connectivity index (χ2n) is 5.98. The van der Waals surface area contributed by atoms with Crippen molar-refractivity contribution < 1.29 is 9.90 Å². The molecule has 0 saturated carbocycles. The van der Waals surface area contributed by atoms with E-state index in [1.54, 1.807) is 0 Å². The molecule has 124 valence electrons. The number of carboxylic acid groups (broad SMARTS) is 1. The van der Waals surface area contributed by atoms with Crippen molar-refractivity contribution in [2.75, 3.05) is 6.26 Å². The first-order valence-corrected chi connectivity index (χ1v) is 9.01. The highest BCUT2D eigenvalue weighted by Crippen LogP contribution is 2.43. The molecule has 0 radical (unpaired) electrons. The van der Waals surface area contributed by atoms with E-state index in [1.165, 1.54) is 22.2 Å². The van der Waals surface area contributed by atoms with Gasteiger partial charge in [-0.3, -0.25) is 4.99 Å². The van der Waals surface area contributed by atoms with Crippen molar-refractivity contribution in [3.63, 3.8) is 0 Å². The molecule has 3 rings (SSSR count). The zero-order chi connectivity index (χ0) is 17.3. The van der Waals surface area contributed by atoms with E-state index in [0.29, 0.717) is 5.17 Å². The summed E-state index contributed by atoms with van der Waals surface area (Å²) in [7, 11) is 0. The molecule has 0 spiro atoms. The van der Waals surface area contributed by atoms with E-state index in [4.69, 9.17) is 4.99 Å². The molecule has 1 aliphatic rings. The average Bonchev–Trinajstić information content (AvgIpc) is 2.96. The zero-order valence-electron chi connectivity index (χ0n) is 13.9. The molecule has 1 amide bonds. The van der Waals surface area contributed by atoms with Crippen molar-refractivity contribution in [3.05, 3.63) is 70.8 Å².